The van der Waals surface area contributed by atoms with Crippen molar-refractivity contribution in [1.82, 2.24) is 0 Å². The highest BCUT2D eigenvalue weighted by atomic mass is 16.5. The Morgan fingerprint density at radius 3 is 2.38 bits per heavy atom. The molecule has 4 nitrogen and oxygen atoms in total. The lowest BCUT2D eigenvalue weighted by Crippen LogP contribution is -2.54. The van der Waals surface area contributed by atoms with E-state index in [2.05, 4.69) is 13.8 Å². The van der Waals surface area contributed by atoms with Gasteiger partial charge in [-0.1, -0.05) is 13.8 Å². The summed E-state index contributed by atoms with van der Waals surface area (Å²) in [5.74, 6) is 4.15. The number of hydrogen-bond acceptors (Lipinski definition) is 4. The third-order valence-corrected chi connectivity index (χ3v) is 9.76. The fraction of sp³-hybridized carbons (Fsp3) is 0.840. The molecule has 0 bridgehead atoms. The van der Waals surface area contributed by atoms with E-state index in [-0.39, 0.29) is 17.5 Å². The largest absolute Gasteiger partial charge is 0.501 e. The second-order valence-corrected chi connectivity index (χ2v) is 10.7. The summed E-state index contributed by atoms with van der Waals surface area (Å²) in [5.41, 5.74) is 0.645. The maximum Gasteiger partial charge on any atom is 0.302 e. The van der Waals surface area contributed by atoms with Gasteiger partial charge in [-0.05, 0) is 92.3 Å². The summed E-state index contributed by atoms with van der Waals surface area (Å²) < 4.78 is 11.3. The molecule has 162 valence electrons. The summed E-state index contributed by atoms with van der Waals surface area (Å²) in [4.78, 5) is 22.6. The first kappa shape index (κ1) is 20.9. The van der Waals surface area contributed by atoms with Gasteiger partial charge in [0.1, 0.15) is 18.1 Å². The van der Waals surface area contributed by atoms with Crippen LogP contribution in [0.2, 0.25) is 0 Å². The van der Waals surface area contributed by atoms with Crippen LogP contribution >= 0.6 is 0 Å². The Labute approximate surface area is 175 Å². The molecule has 4 heteroatoms. The van der Waals surface area contributed by atoms with E-state index in [1.807, 2.05) is 0 Å². The minimum atomic E-state index is -0.130. The van der Waals surface area contributed by atoms with Crippen LogP contribution in [-0.2, 0) is 19.1 Å². The van der Waals surface area contributed by atoms with Gasteiger partial charge in [-0.15, -0.1) is 0 Å². The number of allylic oxidation sites excluding steroid dienone is 2. The molecule has 0 N–H and O–H groups in total. The van der Waals surface area contributed by atoms with Crippen LogP contribution in [-0.4, -0.2) is 25.5 Å². The fourth-order valence-corrected chi connectivity index (χ4v) is 8.42. The van der Waals surface area contributed by atoms with Gasteiger partial charge >= 0.3 is 5.97 Å². The van der Waals surface area contributed by atoms with Crippen LogP contribution in [0.25, 0.3) is 0 Å². The maximum absolute atomic E-state index is 11.4. The van der Waals surface area contributed by atoms with Gasteiger partial charge in [0.25, 0.3) is 0 Å². The van der Waals surface area contributed by atoms with Crippen molar-refractivity contribution in [2.45, 2.75) is 84.7 Å². The van der Waals surface area contributed by atoms with Crippen LogP contribution in [0.3, 0.4) is 0 Å². The monoisotopic (exact) mass is 402 g/mol. The van der Waals surface area contributed by atoms with E-state index < -0.39 is 0 Å². The van der Waals surface area contributed by atoms with E-state index >= 15 is 0 Å². The van der Waals surface area contributed by atoms with Gasteiger partial charge in [-0.25, -0.2) is 0 Å². The van der Waals surface area contributed by atoms with Gasteiger partial charge in [-0.3, -0.25) is 9.59 Å². The zero-order valence-electron chi connectivity index (χ0n) is 18.6. The lowest BCUT2D eigenvalue weighted by atomic mass is 9.44. The molecule has 4 aliphatic carbocycles. The van der Waals surface area contributed by atoms with Crippen molar-refractivity contribution >= 4 is 12.3 Å². The fourth-order valence-electron chi connectivity index (χ4n) is 8.42. The first-order valence-corrected chi connectivity index (χ1v) is 11.7. The van der Waals surface area contributed by atoms with E-state index in [9.17, 15) is 9.59 Å². The van der Waals surface area contributed by atoms with Crippen molar-refractivity contribution in [3.8, 4) is 0 Å². The van der Waals surface area contributed by atoms with E-state index in [0.717, 1.165) is 49.1 Å². The zero-order valence-corrected chi connectivity index (χ0v) is 18.6. The van der Waals surface area contributed by atoms with E-state index in [1.165, 1.54) is 45.4 Å². The second kappa shape index (κ2) is 7.74. The Hall–Kier alpha value is -1.32. The average Bonchev–Trinajstić information content (AvgIpc) is 3.03. The molecule has 0 radical (unpaired) electrons. The van der Waals surface area contributed by atoms with Gasteiger partial charge in [0, 0.05) is 18.9 Å². The average molecular weight is 403 g/mol. The third kappa shape index (κ3) is 3.35. The second-order valence-electron chi connectivity index (χ2n) is 10.7. The molecule has 0 amide bonds. The maximum atomic E-state index is 11.4. The molecule has 8 unspecified atom stereocenters. The van der Waals surface area contributed by atoms with Crippen LogP contribution in [0.1, 0.15) is 78.6 Å². The molecule has 0 aromatic rings. The molecule has 0 aromatic carbocycles. The zero-order chi connectivity index (χ0) is 20.8. The van der Waals surface area contributed by atoms with Gasteiger partial charge in [0.15, 0.2) is 0 Å². The standard InChI is InChI=1S/C25H38O4/c1-16(27)29-18-9-12-24(2)17(15-18)5-6-19-20-7-8-22(23(28-4)11-14-26)25(20,3)13-10-21(19)24/h11,14,17-22H,5-10,12-13,15H2,1-4H3/b23-11-. The van der Waals surface area contributed by atoms with Gasteiger partial charge < -0.3 is 9.47 Å². The number of methoxy groups -OCH3 is 1. The lowest BCUT2D eigenvalue weighted by Gasteiger charge is -2.61. The summed E-state index contributed by atoms with van der Waals surface area (Å²) in [6.07, 6.45) is 13.5. The van der Waals surface area contributed by atoms with Crippen LogP contribution in [0.5, 0.6) is 0 Å². The molecule has 8 atom stereocenters. The molecular formula is C25H38O4. The number of hydrogen-bond donors (Lipinski definition) is 0. The van der Waals surface area contributed by atoms with Crippen molar-refractivity contribution in [1.29, 1.82) is 0 Å². The van der Waals surface area contributed by atoms with Crippen molar-refractivity contribution in [3.63, 3.8) is 0 Å². The Bertz CT molecular complexity index is 684. The predicted molar refractivity (Wildman–Crippen MR) is 112 cm³/mol. The first-order chi connectivity index (χ1) is 13.8. The van der Waals surface area contributed by atoms with Crippen molar-refractivity contribution in [3.05, 3.63) is 11.8 Å². The van der Waals surface area contributed by atoms with Crippen LogP contribution in [0, 0.1) is 40.4 Å². The van der Waals surface area contributed by atoms with Gasteiger partial charge in [0.05, 0.1) is 7.11 Å². The molecule has 0 spiro atoms. The van der Waals surface area contributed by atoms with E-state index in [4.69, 9.17) is 9.47 Å². The third-order valence-electron chi connectivity index (χ3n) is 9.76. The molecular weight excluding hydrogens is 364 g/mol. The van der Waals surface area contributed by atoms with Crippen molar-refractivity contribution in [2.24, 2.45) is 40.4 Å². The molecule has 0 aromatic heterocycles. The lowest BCUT2D eigenvalue weighted by molar-refractivity contribution is -0.160. The Morgan fingerprint density at radius 1 is 0.966 bits per heavy atom. The summed E-state index contributed by atoms with van der Waals surface area (Å²) in [5, 5.41) is 0. The normalized spacial score (nSPS) is 46.8. The molecule has 4 rings (SSSR count). The first-order valence-electron chi connectivity index (χ1n) is 11.7. The van der Waals surface area contributed by atoms with Crippen molar-refractivity contribution in [2.75, 3.05) is 7.11 Å². The van der Waals surface area contributed by atoms with Gasteiger partial charge in [0.2, 0.25) is 0 Å². The highest BCUT2D eigenvalue weighted by molar-refractivity contribution is 5.66. The number of carbonyl (C=O) groups excluding carboxylic acids is 2. The Balaban J connectivity index is 1.54. The van der Waals surface area contributed by atoms with Crippen LogP contribution in [0.4, 0.5) is 0 Å². The SMILES string of the molecule is CO/C(=C\C=O)C1CCC2C3CCC4CC(OC(C)=O)CCC4(C)C3CCC12C. The summed E-state index contributed by atoms with van der Waals surface area (Å²) in [7, 11) is 1.71. The topological polar surface area (TPSA) is 52.6 Å². The molecule has 0 saturated heterocycles. The van der Waals surface area contributed by atoms with Crippen molar-refractivity contribution < 1.29 is 19.1 Å². The Morgan fingerprint density at radius 2 is 1.69 bits per heavy atom. The number of rotatable bonds is 4. The highest BCUT2D eigenvalue weighted by Gasteiger charge is 2.60. The minimum Gasteiger partial charge on any atom is -0.501 e. The predicted octanol–water partition coefficient (Wildman–Crippen LogP) is 5.31. The van der Waals surface area contributed by atoms with E-state index in [1.54, 1.807) is 13.2 Å². The smallest absolute Gasteiger partial charge is 0.302 e. The van der Waals surface area contributed by atoms with Crippen LogP contribution in [0.15, 0.2) is 11.8 Å². The number of esters is 1. The summed E-state index contributed by atoms with van der Waals surface area (Å²) in [6, 6.07) is 0. The molecule has 4 fully saturated rings. The van der Waals surface area contributed by atoms with Gasteiger partial charge in [-0.2, -0.15) is 0 Å². The summed E-state index contributed by atoms with van der Waals surface area (Å²) in [6.45, 7) is 6.55. The van der Waals surface area contributed by atoms with E-state index in [0.29, 0.717) is 17.3 Å². The molecule has 0 aliphatic heterocycles. The minimum absolute atomic E-state index is 0.129. The summed E-state index contributed by atoms with van der Waals surface area (Å²) >= 11 is 0. The molecule has 4 saturated carbocycles. The van der Waals surface area contributed by atoms with Crippen LogP contribution < -0.4 is 0 Å². The molecule has 0 heterocycles. The number of carbonyl (C=O) groups is 2. The number of aldehydes is 1. The number of fused-ring (bicyclic) bond motifs is 5. The quantitative estimate of drug-likeness (QED) is 0.277. The number of ether oxygens (including phenoxy) is 2. The molecule has 29 heavy (non-hydrogen) atoms. The molecule has 4 aliphatic rings. The Kier molecular flexibility index (Phi) is 5.59. The highest BCUT2D eigenvalue weighted by Crippen LogP contribution is 2.68.